The molecular formula is C18H28N4. The van der Waals surface area contributed by atoms with Gasteiger partial charge in [-0.2, -0.15) is 0 Å². The smallest absolute Gasteiger partial charge is 0.113 e. The van der Waals surface area contributed by atoms with Crippen LogP contribution >= 0.6 is 0 Å². The Bertz CT molecular complexity index is 554. The minimum absolute atomic E-state index is 0.832. The van der Waals surface area contributed by atoms with E-state index in [4.69, 9.17) is 0 Å². The number of aromatic nitrogens is 3. The van der Waals surface area contributed by atoms with Crippen molar-refractivity contribution in [2.45, 2.75) is 53.1 Å². The Morgan fingerprint density at radius 3 is 2.36 bits per heavy atom. The molecule has 2 rings (SSSR count). The van der Waals surface area contributed by atoms with E-state index in [1.807, 2.05) is 4.68 Å². The first-order chi connectivity index (χ1) is 10.7. The van der Waals surface area contributed by atoms with Gasteiger partial charge in [0.1, 0.15) is 5.69 Å². The molecule has 0 amide bonds. The summed E-state index contributed by atoms with van der Waals surface area (Å²) in [5.74, 6) is 0. The van der Waals surface area contributed by atoms with Crippen molar-refractivity contribution in [3.05, 3.63) is 36.0 Å². The van der Waals surface area contributed by atoms with Crippen molar-refractivity contribution in [1.82, 2.24) is 19.9 Å². The second kappa shape index (κ2) is 8.69. The minimum atomic E-state index is 0.832. The lowest BCUT2D eigenvalue weighted by molar-refractivity contribution is 0.199. The molecule has 120 valence electrons. The van der Waals surface area contributed by atoms with E-state index in [2.05, 4.69) is 66.4 Å². The number of benzene rings is 1. The van der Waals surface area contributed by atoms with Crippen molar-refractivity contribution >= 4 is 0 Å². The van der Waals surface area contributed by atoms with Crippen LogP contribution in [0.2, 0.25) is 0 Å². The van der Waals surface area contributed by atoms with E-state index in [0.717, 1.165) is 25.5 Å². The van der Waals surface area contributed by atoms with E-state index in [9.17, 15) is 0 Å². The molecule has 0 aliphatic rings. The molecule has 0 unspecified atom stereocenters. The van der Waals surface area contributed by atoms with Crippen molar-refractivity contribution in [1.29, 1.82) is 0 Å². The lowest BCUT2D eigenvalue weighted by Gasteiger charge is -2.21. The Kier molecular flexibility index (Phi) is 6.59. The maximum absolute atomic E-state index is 4.35. The average molecular weight is 300 g/mol. The largest absolute Gasteiger partial charge is 0.284 e. The first-order valence-corrected chi connectivity index (χ1v) is 8.43. The van der Waals surface area contributed by atoms with Crippen LogP contribution in [0.15, 0.2) is 30.5 Å². The van der Waals surface area contributed by atoms with Crippen molar-refractivity contribution in [2.75, 3.05) is 13.1 Å². The molecular weight excluding hydrogens is 272 g/mol. The van der Waals surface area contributed by atoms with E-state index in [1.54, 1.807) is 0 Å². The number of nitrogens with zero attached hydrogens (tertiary/aromatic N) is 4. The molecule has 4 nitrogen and oxygen atoms in total. The predicted molar refractivity (Wildman–Crippen MR) is 91.6 cm³/mol. The van der Waals surface area contributed by atoms with Crippen LogP contribution in [0, 0.1) is 6.92 Å². The zero-order chi connectivity index (χ0) is 15.8. The van der Waals surface area contributed by atoms with E-state index >= 15 is 0 Å². The van der Waals surface area contributed by atoms with Gasteiger partial charge in [0, 0.05) is 5.56 Å². The van der Waals surface area contributed by atoms with Gasteiger partial charge in [0.25, 0.3) is 0 Å². The third-order valence-electron chi connectivity index (χ3n) is 3.96. The van der Waals surface area contributed by atoms with Gasteiger partial charge in [0.15, 0.2) is 0 Å². The second-order valence-corrected chi connectivity index (χ2v) is 5.92. The van der Waals surface area contributed by atoms with Crippen LogP contribution in [0.25, 0.3) is 11.3 Å². The monoisotopic (exact) mass is 300 g/mol. The maximum atomic E-state index is 4.35. The van der Waals surface area contributed by atoms with E-state index < -0.39 is 0 Å². The Morgan fingerprint density at radius 2 is 1.73 bits per heavy atom. The topological polar surface area (TPSA) is 34.0 Å². The Morgan fingerprint density at radius 1 is 1.05 bits per heavy atom. The molecule has 0 bridgehead atoms. The molecule has 0 saturated carbocycles. The van der Waals surface area contributed by atoms with Gasteiger partial charge in [0.05, 0.1) is 12.9 Å². The summed E-state index contributed by atoms with van der Waals surface area (Å²) in [6.07, 6.45) is 7.00. The molecule has 0 radical (unpaired) electrons. The number of aryl methyl sites for hydroxylation is 1. The summed E-state index contributed by atoms with van der Waals surface area (Å²) in [5.41, 5.74) is 3.37. The molecule has 0 spiro atoms. The highest BCUT2D eigenvalue weighted by molar-refractivity contribution is 5.61. The highest BCUT2D eigenvalue weighted by atomic mass is 15.5. The summed E-state index contributed by atoms with van der Waals surface area (Å²) in [4.78, 5) is 2.48. The van der Waals surface area contributed by atoms with Gasteiger partial charge in [-0.1, -0.05) is 56.2 Å². The fourth-order valence-corrected chi connectivity index (χ4v) is 2.57. The third kappa shape index (κ3) is 4.67. The zero-order valence-corrected chi connectivity index (χ0v) is 14.1. The fraction of sp³-hybridized carbons (Fsp3) is 0.556. The van der Waals surface area contributed by atoms with Crippen LogP contribution in [-0.4, -0.2) is 33.0 Å². The van der Waals surface area contributed by atoms with Crippen LogP contribution in [0.5, 0.6) is 0 Å². The van der Waals surface area contributed by atoms with Crippen LogP contribution in [0.3, 0.4) is 0 Å². The summed E-state index contributed by atoms with van der Waals surface area (Å²) in [7, 11) is 0. The van der Waals surface area contributed by atoms with Crippen molar-refractivity contribution < 1.29 is 0 Å². The van der Waals surface area contributed by atoms with Gasteiger partial charge < -0.3 is 0 Å². The number of rotatable bonds is 9. The fourth-order valence-electron chi connectivity index (χ4n) is 2.57. The summed E-state index contributed by atoms with van der Waals surface area (Å²) in [6.45, 7) is 9.70. The standard InChI is InChI=1S/C18H28N4/c1-4-6-12-21(13-7-5-2)15-22-14-18(19-20-22)17-11-9-8-10-16(17)3/h8-11,14H,4-7,12-13,15H2,1-3H3. The van der Waals surface area contributed by atoms with Crippen LogP contribution < -0.4 is 0 Å². The van der Waals surface area contributed by atoms with Crippen LogP contribution in [-0.2, 0) is 6.67 Å². The Labute approximate surface area is 134 Å². The van der Waals surface area contributed by atoms with Crippen LogP contribution in [0.1, 0.15) is 45.1 Å². The van der Waals surface area contributed by atoms with Gasteiger partial charge >= 0.3 is 0 Å². The SMILES string of the molecule is CCCCN(CCCC)Cn1cc(-c2ccccc2C)nn1. The number of unbranched alkanes of at least 4 members (excludes halogenated alkanes) is 2. The van der Waals surface area contributed by atoms with Gasteiger partial charge in [-0.15, -0.1) is 5.10 Å². The molecule has 0 aliphatic carbocycles. The average Bonchev–Trinajstić information content (AvgIpc) is 2.98. The number of hydrogen-bond donors (Lipinski definition) is 0. The molecule has 0 saturated heterocycles. The first-order valence-electron chi connectivity index (χ1n) is 8.43. The van der Waals surface area contributed by atoms with Crippen molar-refractivity contribution in [3.63, 3.8) is 0 Å². The van der Waals surface area contributed by atoms with Crippen LogP contribution in [0.4, 0.5) is 0 Å². The molecule has 1 aromatic heterocycles. The maximum Gasteiger partial charge on any atom is 0.113 e. The Balaban J connectivity index is 2.04. The van der Waals surface area contributed by atoms with Gasteiger partial charge in [-0.05, 0) is 38.4 Å². The molecule has 0 N–H and O–H groups in total. The van der Waals surface area contributed by atoms with Crippen molar-refractivity contribution in [3.8, 4) is 11.3 Å². The number of hydrogen-bond acceptors (Lipinski definition) is 3. The molecule has 22 heavy (non-hydrogen) atoms. The molecule has 0 aliphatic heterocycles. The zero-order valence-electron chi connectivity index (χ0n) is 14.1. The lowest BCUT2D eigenvalue weighted by atomic mass is 10.1. The Hall–Kier alpha value is -1.68. The predicted octanol–water partition coefficient (Wildman–Crippen LogP) is 4.11. The molecule has 0 fully saturated rings. The van der Waals surface area contributed by atoms with Gasteiger partial charge in [-0.3, -0.25) is 4.90 Å². The third-order valence-corrected chi connectivity index (χ3v) is 3.96. The molecule has 0 atom stereocenters. The summed E-state index contributed by atoms with van der Waals surface area (Å²) >= 11 is 0. The molecule has 1 heterocycles. The van der Waals surface area contributed by atoms with Gasteiger partial charge in [-0.25, -0.2) is 4.68 Å². The summed E-state index contributed by atoms with van der Waals surface area (Å²) in [5, 5.41) is 8.66. The minimum Gasteiger partial charge on any atom is -0.284 e. The van der Waals surface area contributed by atoms with E-state index in [0.29, 0.717) is 0 Å². The molecule has 1 aromatic carbocycles. The second-order valence-electron chi connectivity index (χ2n) is 5.92. The summed E-state index contributed by atoms with van der Waals surface area (Å²) < 4.78 is 1.97. The van der Waals surface area contributed by atoms with E-state index in [-0.39, 0.29) is 0 Å². The lowest BCUT2D eigenvalue weighted by Crippen LogP contribution is -2.29. The quantitative estimate of drug-likeness (QED) is 0.699. The normalized spacial score (nSPS) is 11.3. The molecule has 4 heteroatoms. The first kappa shape index (κ1) is 16.7. The summed E-state index contributed by atoms with van der Waals surface area (Å²) in [6, 6.07) is 8.33. The highest BCUT2D eigenvalue weighted by Crippen LogP contribution is 2.20. The molecule has 2 aromatic rings. The highest BCUT2D eigenvalue weighted by Gasteiger charge is 2.09. The van der Waals surface area contributed by atoms with Crippen molar-refractivity contribution in [2.24, 2.45) is 0 Å². The van der Waals surface area contributed by atoms with Gasteiger partial charge in [0.2, 0.25) is 0 Å². The van der Waals surface area contributed by atoms with E-state index in [1.165, 1.54) is 36.8 Å².